The van der Waals surface area contributed by atoms with Crippen LogP contribution in [0.15, 0.2) is 23.8 Å². The van der Waals surface area contributed by atoms with E-state index in [-0.39, 0.29) is 28.0 Å². The van der Waals surface area contributed by atoms with Crippen LogP contribution in [0.4, 0.5) is 0 Å². The fourth-order valence-electron chi connectivity index (χ4n) is 3.10. The Hall–Kier alpha value is -0.600. The Bertz CT molecular complexity index is 515. The van der Waals surface area contributed by atoms with Crippen molar-refractivity contribution >= 4 is 40.4 Å². The minimum absolute atomic E-state index is 0.0482. The third-order valence-corrected chi connectivity index (χ3v) is 5.44. The molecule has 22 heavy (non-hydrogen) atoms. The highest BCUT2D eigenvalue weighted by atomic mass is 35.5. The molecule has 5 unspecified atom stereocenters. The highest BCUT2D eigenvalue weighted by molar-refractivity contribution is 7.80. The van der Waals surface area contributed by atoms with Crippen molar-refractivity contribution < 1.29 is 4.74 Å². The van der Waals surface area contributed by atoms with E-state index in [0.717, 1.165) is 32.1 Å². The first-order chi connectivity index (χ1) is 10.5. The molecule has 2 aliphatic rings. The van der Waals surface area contributed by atoms with Gasteiger partial charge in [0, 0.05) is 16.7 Å². The summed E-state index contributed by atoms with van der Waals surface area (Å²) in [5.41, 5.74) is 5.74. The summed E-state index contributed by atoms with van der Waals surface area (Å²) in [6.45, 7) is 0. The average molecular weight is 359 g/mol. The monoisotopic (exact) mass is 358 g/mol. The molecule has 1 heterocycles. The number of ether oxygens (including phenoxy) is 1. The topological polar surface area (TPSA) is 59.0 Å². The Labute approximate surface area is 147 Å². The second-order valence-corrected chi connectivity index (χ2v) is 7.44. The van der Waals surface area contributed by atoms with E-state index in [4.69, 9.17) is 51.2 Å². The molecular formula is C16H20Cl2N2OS. The molecule has 2 rings (SSSR count). The molecule has 0 amide bonds. The van der Waals surface area contributed by atoms with Crippen molar-refractivity contribution in [1.29, 1.82) is 5.26 Å². The molecule has 1 aliphatic heterocycles. The molecule has 1 aliphatic carbocycles. The Balaban J connectivity index is 1.90. The van der Waals surface area contributed by atoms with Crippen LogP contribution >= 0.6 is 35.4 Å². The Morgan fingerprint density at radius 1 is 1.27 bits per heavy atom. The van der Waals surface area contributed by atoms with Crippen LogP contribution < -0.4 is 5.73 Å². The quantitative estimate of drug-likeness (QED) is 0.272. The van der Waals surface area contributed by atoms with E-state index in [2.05, 4.69) is 0 Å². The molecule has 0 aromatic carbocycles. The molecule has 120 valence electrons. The fourth-order valence-corrected chi connectivity index (χ4v) is 3.93. The van der Waals surface area contributed by atoms with Crippen molar-refractivity contribution in [3.05, 3.63) is 23.8 Å². The molecule has 0 aromatic rings. The highest BCUT2D eigenvalue weighted by Crippen LogP contribution is 2.39. The molecule has 1 saturated carbocycles. The lowest BCUT2D eigenvalue weighted by atomic mass is 9.83. The van der Waals surface area contributed by atoms with Crippen LogP contribution in [0.1, 0.15) is 32.1 Å². The van der Waals surface area contributed by atoms with Crippen molar-refractivity contribution in [1.82, 2.24) is 0 Å². The number of alkyl halides is 2. The van der Waals surface area contributed by atoms with Crippen LogP contribution in [0.25, 0.3) is 0 Å². The van der Waals surface area contributed by atoms with Gasteiger partial charge in [-0.05, 0) is 38.2 Å². The summed E-state index contributed by atoms with van der Waals surface area (Å²) in [4.78, 5) is 0.109. The van der Waals surface area contributed by atoms with Gasteiger partial charge < -0.3 is 10.5 Å². The third-order valence-electron chi connectivity index (χ3n) is 4.29. The van der Waals surface area contributed by atoms with Crippen LogP contribution in [0.2, 0.25) is 0 Å². The largest absolute Gasteiger partial charge is 0.389 e. The molecular weight excluding hydrogens is 339 g/mol. The Morgan fingerprint density at radius 2 is 2.05 bits per heavy atom. The van der Waals surface area contributed by atoms with Gasteiger partial charge in [0.1, 0.15) is 11.1 Å². The van der Waals surface area contributed by atoms with E-state index in [9.17, 15) is 0 Å². The van der Waals surface area contributed by atoms with E-state index in [1.54, 1.807) is 12.2 Å². The summed E-state index contributed by atoms with van der Waals surface area (Å²) < 4.78 is 6.09. The fraction of sp³-hybridized carbons (Fsp3) is 0.625. The molecule has 2 fully saturated rings. The second kappa shape index (κ2) is 8.31. The van der Waals surface area contributed by atoms with E-state index < -0.39 is 0 Å². The summed E-state index contributed by atoms with van der Waals surface area (Å²) in [5, 5.41) is 9.24. The van der Waals surface area contributed by atoms with E-state index in [0.29, 0.717) is 11.5 Å². The van der Waals surface area contributed by atoms with Crippen LogP contribution in [0, 0.1) is 17.2 Å². The third kappa shape index (κ3) is 4.70. The lowest BCUT2D eigenvalue weighted by molar-refractivity contribution is 0.0216. The maximum absolute atomic E-state index is 8.88. The van der Waals surface area contributed by atoms with Crippen molar-refractivity contribution in [3.63, 3.8) is 0 Å². The summed E-state index contributed by atoms with van der Waals surface area (Å²) in [6.07, 6.45) is 10.4. The average Bonchev–Trinajstić information content (AvgIpc) is 2.94. The molecule has 0 bridgehead atoms. The second-order valence-electron chi connectivity index (χ2n) is 5.82. The van der Waals surface area contributed by atoms with Gasteiger partial charge in [-0.2, -0.15) is 5.26 Å². The van der Waals surface area contributed by atoms with Crippen molar-refractivity contribution in [2.75, 3.05) is 0 Å². The van der Waals surface area contributed by atoms with Crippen molar-refractivity contribution in [2.24, 2.45) is 11.7 Å². The Morgan fingerprint density at radius 3 is 2.73 bits per heavy atom. The standard InChI is InChI=1S/C16H20Cl2N2OS/c17-11-4-6-14(18)13(8-11)15-7-5-12(21-15)3-1-2-10(9-19)16(20)22/h1-3,11-15H,4-8H2,(H2,20,22)/b3-1+,10-2-. The van der Waals surface area contributed by atoms with Gasteiger partial charge in [0.25, 0.3) is 0 Å². The number of rotatable bonds is 4. The van der Waals surface area contributed by atoms with Gasteiger partial charge in [0.05, 0.1) is 17.8 Å². The zero-order valence-electron chi connectivity index (χ0n) is 12.3. The molecule has 0 radical (unpaired) electrons. The molecule has 0 spiro atoms. The number of nitrogens with zero attached hydrogens (tertiary/aromatic N) is 1. The number of halogens is 2. The van der Waals surface area contributed by atoms with Crippen molar-refractivity contribution in [3.8, 4) is 6.07 Å². The number of hydrogen-bond donors (Lipinski definition) is 1. The number of hydrogen-bond acceptors (Lipinski definition) is 3. The van der Waals surface area contributed by atoms with E-state index in [1.807, 2.05) is 12.1 Å². The van der Waals surface area contributed by atoms with Crippen LogP contribution in [-0.4, -0.2) is 28.0 Å². The maximum atomic E-state index is 8.88. The highest BCUT2D eigenvalue weighted by Gasteiger charge is 2.38. The van der Waals surface area contributed by atoms with Gasteiger partial charge in [-0.15, -0.1) is 23.2 Å². The zero-order valence-corrected chi connectivity index (χ0v) is 14.6. The van der Waals surface area contributed by atoms with E-state index >= 15 is 0 Å². The Kier molecular flexibility index (Phi) is 6.70. The van der Waals surface area contributed by atoms with Gasteiger partial charge in [0.15, 0.2) is 0 Å². The molecule has 2 N–H and O–H groups in total. The molecule has 1 saturated heterocycles. The minimum Gasteiger partial charge on any atom is -0.389 e. The van der Waals surface area contributed by atoms with Gasteiger partial charge >= 0.3 is 0 Å². The molecule has 6 heteroatoms. The van der Waals surface area contributed by atoms with E-state index in [1.165, 1.54) is 0 Å². The number of nitriles is 1. The number of nitrogens with two attached hydrogens (primary N) is 1. The van der Waals surface area contributed by atoms with Gasteiger partial charge in [-0.1, -0.05) is 24.4 Å². The zero-order chi connectivity index (χ0) is 16.1. The first-order valence-corrected chi connectivity index (χ1v) is 8.81. The maximum Gasteiger partial charge on any atom is 0.114 e. The summed E-state index contributed by atoms with van der Waals surface area (Å²) in [6, 6.07) is 1.97. The summed E-state index contributed by atoms with van der Waals surface area (Å²) in [7, 11) is 0. The smallest absolute Gasteiger partial charge is 0.114 e. The van der Waals surface area contributed by atoms with Crippen molar-refractivity contribution in [2.45, 2.75) is 55.1 Å². The SMILES string of the molecule is N#C/C(=C/C=C/C1CCC(C2CC(Cl)CCC2Cl)O1)C(N)=S. The first-order valence-electron chi connectivity index (χ1n) is 7.53. The predicted molar refractivity (Wildman–Crippen MR) is 94.1 cm³/mol. The molecule has 5 atom stereocenters. The van der Waals surface area contributed by atoms with Crippen LogP contribution in [-0.2, 0) is 4.74 Å². The predicted octanol–water partition coefficient (Wildman–Crippen LogP) is 3.84. The first kappa shape index (κ1) is 17.7. The summed E-state index contributed by atoms with van der Waals surface area (Å²) >= 11 is 17.5. The summed E-state index contributed by atoms with van der Waals surface area (Å²) in [5.74, 6) is 0.332. The van der Waals surface area contributed by atoms with Crippen LogP contribution in [0.5, 0.6) is 0 Å². The number of thiocarbonyl (C=S) groups is 1. The minimum atomic E-state index is 0.0482. The van der Waals surface area contributed by atoms with Gasteiger partial charge in [-0.25, -0.2) is 0 Å². The van der Waals surface area contributed by atoms with Crippen LogP contribution in [0.3, 0.4) is 0 Å². The number of allylic oxidation sites excluding steroid dienone is 2. The molecule has 0 aromatic heterocycles. The molecule has 3 nitrogen and oxygen atoms in total. The van der Waals surface area contributed by atoms with Gasteiger partial charge in [0.2, 0.25) is 0 Å². The lowest BCUT2D eigenvalue weighted by Gasteiger charge is -2.34. The normalized spacial score (nSPS) is 36.4. The van der Waals surface area contributed by atoms with Gasteiger partial charge in [-0.3, -0.25) is 0 Å². The lowest BCUT2D eigenvalue weighted by Crippen LogP contribution is -2.35.